The average Bonchev–Trinajstić information content (AvgIpc) is 2.46. The number of amides is 3. The standard InChI is InChI=1S/C12H22N4O6/c1-6(2)10(16-8(18)3-13)12(22)15-7(5-17)11(21)14-4-9(19)20/h6-7,10,17H,3-5,13H2,1-2H3,(H,14,21)(H,15,22)(H,16,18)(H,19,20). The third kappa shape index (κ3) is 6.99. The second kappa shape index (κ2) is 9.68. The Morgan fingerprint density at radius 3 is 2.09 bits per heavy atom. The van der Waals surface area contributed by atoms with Gasteiger partial charge in [0.25, 0.3) is 0 Å². The maximum Gasteiger partial charge on any atom is 0.322 e. The molecule has 0 spiro atoms. The zero-order valence-corrected chi connectivity index (χ0v) is 12.5. The number of hydrogen-bond acceptors (Lipinski definition) is 6. The van der Waals surface area contributed by atoms with Crippen LogP contribution in [0.2, 0.25) is 0 Å². The second-order valence-electron chi connectivity index (χ2n) is 4.85. The number of carbonyl (C=O) groups is 4. The monoisotopic (exact) mass is 318 g/mol. The van der Waals surface area contributed by atoms with Gasteiger partial charge in [-0.2, -0.15) is 0 Å². The first-order valence-corrected chi connectivity index (χ1v) is 6.63. The van der Waals surface area contributed by atoms with E-state index >= 15 is 0 Å². The van der Waals surface area contributed by atoms with Crippen molar-refractivity contribution < 1.29 is 29.4 Å². The van der Waals surface area contributed by atoms with E-state index in [0.717, 1.165) is 0 Å². The van der Waals surface area contributed by atoms with Gasteiger partial charge >= 0.3 is 5.97 Å². The lowest BCUT2D eigenvalue weighted by Gasteiger charge is -2.24. The maximum absolute atomic E-state index is 12.1. The van der Waals surface area contributed by atoms with Crippen molar-refractivity contribution in [2.24, 2.45) is 11.7 Å². The third-order valence-electron chi connectivity index (χ3n) is 2.68. The summed E-state index contributed by atoms with van der Waals surface area (Å²) >= 11 is 0. The summed E-state index contributed by atoms with van der Waals surface area (Å²) < 4.78 is 0. The molecule has 2 unspecified atom stereocenters. The van der Waals surface area contributed by atoms with Crippen LogP contribution in [0, 0.1) is 5.92 Å². The lowest BCUT2D eigenvalue weighted by atomic mass is 10.0. The van der Waals surface area contributed by atoms with Gasteiger partial charge in [-0.05, 0) is 5.92 Å². The highest BCUT2D eigenvalue weighted by atomic mass is 16.4. The molecule has 0 heterocycles. The fourth-order valence-corrected chi connectivity index (χ4v) is 1.51. The molecule has 0 rings (SSSR count). The van der Waals surface area contributed by atoms with Crippen molar-refractivity contribution in [3.63, 3.8) is 0 Å². The topological polar surface area (TPSA) is 171 Å². The summed E-state index contributed by atoms with van der Waals surface area (Å²) in [4.78, 5) is 45.4. The van der Waals surface area contributed by atoms with Crippen LogP contribution in [0.4, 0.5) is 0 Å². The Hall–Kier alpha value is -2.20. The van der Waals surface area contributed by atoms with Gasteiger partial charge in [0.05, 0.1) is 13.2 Å². The first-order valence-electron chi connectivity index (χ1n) is 6.63. The number of nitrogens with two attached hydrogens (primary N) is 1. The number of aliphatic carboxylic acids is 1. The van der Waals surface area contributed by atoms with E-state index < -0.39 is 48.9 Å². The molecule has 0 saturated carbocycles. The number of aliphatic hydroxyl groups is 1. The Bertz CT molecular complexity index is 426. The number of rotatable bonds is 9. The summed E-state index contributed by atoms with van der Waals surface area (Å²) in [7, 11) is 0. The van der Waals surface area contributed by atoms with Crippen LogP contribution in [0.3, 0.4) is 0 Å². The molecule has 0 aromatic heterocycles. The molecule has 10 heteroatoms. The summed E-state index contributed by atoms with van der Waals surface area (Å²) in [6.07, 6.45) is 0. The molecule has 0 bridgehead atoms. The van der Waals surface area contributed by atoms with Crippen LogP contribution in [0.15, 0.2) is 0 Å². The normalized spacial score (nSPS) is 13.1. The molecule has 7 N–H and O–H groups in total. The van der Waals surface area contributed by atoms with E-state index in [0.29, 0.717) is 0 Å². The van der Waals surface area contributed by atoms with E-state index in [2.05, 4.69) is 10.6 Å². The molecular weight excluding hydrogens is 296 g/mol. The lowest BCUT2D eigenvalue weighted by molar-refractivity contribution is -0.139. The zero-order chi connectivity index (χ0) is 17.3. The average molecular weight is 318 g/mol. The zero-order valence-electron chi connectivity index (χ0n) is 12.5. The number of nitrogens with one attached hydrogen (secondary N) is 3. The minimum Gasteiger partial charge on any atom is -0.480 e. The predicted molar refractivity (Wildman–Crippen MR) is 75.5 cm³/mol. The maximum atomic E-state index is 12.1. The highest BCUT2D eigenvalue weighted by Gasteiger charge is 2.28. The first kappa shape index (κ1) is 19.8. The van der Waals surface area contributed by atoms with Crippen molar-refractivity contribution in [3.8, 4) is 0 Å². The Morgan fingerprint density at radius 2 is 1.68 bits per heavy atom. The van der Waals surface area contributed by atoms with Crippen molar-refractivity contribution >= 4 is 23.7 Å². The highest BCUT2D eigenvalue weighted by molar-refractivity contribution is 5.93. The van der Waals surface area contributed by atoms with Gasteiger partial charge in [-0.1, -0.05) is 13.8 Å². The molecule has 0 aliphatic carbocycles. The van der Waals surface area contributed by atoms with Gasteiger partial charge in [0.1, 0.15) is 18.6 Å². The number of carboxylic acids is 1. The van der Waals surface area contributed by atoms with Crippen LogP contribution in [-0.4, -0.2) is 65.7 Å². The van der Waals surface area contributed by atoms with E-state index in [9.17, 15) is 19.2 Å². The van der Waals surface area contributed by atoms with E-state index in [4.69, 9.17) is 15.9 Å². The number of carboxylic acid groups (broad SMARTS) is 1. The molecule has 0 radical (unpaired) electrons. The number of hydrogen-bond donors (Lipinski definition) is 6. The largest absolute Gasteiger partial charge is 0.480 e. The predicted octanol–water partition coefficient (Wildman–Crippen LogP) is -3.24. The van der Waals surface area contributed by atoms with Gasteiger partial charge < -0.3 is 31.9 Å². The molecule has 126 valence electrons. The fourth-order valence-electron chi connectivity index (χ4n) is 1.51. The molecular formula is C12H22N4O6. The Balaban J connectivity index is 4.75. The molecule has 0 aromatic carbocycles. The minimum atomic E-state index is -1.32. The van der Waals surface area contributed by atoms with Gasteiger partial charge in [-0.25, -0.2) is 0 Å². The quantitative estimate of drug-likeness (QED) is 0.259. The van der Waals surface area contributed by atoms with E-state index in [1.54, 1.807) is 13.8 Å². The first-order chi connectivity index (χ1) is 10.2. The Morgan fingerprint density at radius 1 is 1.09 bits per heavy atom. The van der Waals surface area contributed by atoms with Crippen LogP contribution in [0.5, 0.6) is 0 Å². The smallest absolute Gasteiger partial charge is 0.322 e. The molecule has 3 amide bonds. The third-order valence-corrected chi connectivity index (χ3v) is 2.68. The fraction of sp³-hybridized carbons (Fsp3) is 0.667. The van der Waals surface area contributed by atoms with E-state index in [1.807, 2.05) is 5.32 Å². The summed E-state index contributed by atoms with van der Waals surface area (Å²) in [6, 6.07) is -2.25. The molecule has 10 nitrogen and oxygen atoms in total. The Kier molecular flexibility index (Phi) is 8.72. The molecule has 2 atom stereocenters. The molecule has 0 fully saturated rings. The minimum absolute atomic E-state index is 0.281. The molecule has 0 aliphatic heterocycles. The van der Waals surface area contributed by atoms with Crippen molar-refractivity contribution in [1.29, 1.82) is 0 Å². The molecule has 0 saturated heterocycles. The van der Waals surface area contributed by atoms with Gasteiger partial charge in [-0.3, -0.25) is 19.2 Å². The van der Waals surface area contributed by atoms with Crippen molar-refractivity contribution in [3.05, 3.63) is 0 Å². The Labute approximate surface area is 127 Å². The van der Waals surface area contributed by atoms with E-state index in [1.165, 1.54) is 0 Å². The summed E-state index contributed by atoms with van der Waals surface area (Å²) in [5.74, 6) is -3.60. The van der Waals surface area contributed by atoms with Crippen molar-refractivity contribution in [2.75, 3.05) is 19.7 Å². The SMILES string of the molecule is CC(C)C(NC(=O)CN)C(=O)NC(CO)C(=O)NCC(=O)O. The van der Waals surface area contributed by atoms with Crippen LogP contribution in [0.25, 0.3) is 0 Å². The lowest BCUT2D eigenvalue weighted by Crippen LogP contribution is -2.57. The molecule has 0 aliphatic rings. The summed E-state index contributed by atoms with van der Waals surface area (Å²) in [5, 5.41) is 24.3. The van der Waals surface area contributed by atoms with Gasteiger partial charge in [0.2, 0.25) is 17.7 Å². The molecule has 22 heavy (non-hydrogen) atoms. The summed E-state index contributed by atoms with van der Waals surface area (Å²) in [6.45, 7) is 1.72. The highest BCUT2D eigenvalue weighted by Crippen LogP contribution is 2.02. The van der Waals surface area contributed by atoms with Crippen molar-refractivity contribution in [1.82, 2.24) is 16.0 Å². The van der Waals surface area contributed by atoms with Gasteiger partial charge in [0, 0.05) is 0 Å². The van der Waals surface area contributed by atoms with Crippen LogP contribution in [-0.2, 0) is 19.2 Å². The van der Waals surface area contributed by atoms with E-state index in [-0.39, 0.29) is 12.5 Å². The van der Waals surface area contributed by atoms with Crippen molar-refractivity contribution in [2.45, 2.75) is 25.9 Å². The summed E-state index contributed by atoms with van der Waals surface area (Å²) in [5.41, 5.74) is 5.16. The van der Waals surface area contributed by atoms with Gasteiger partial charge in [-0.15, -0.1) is 0 Å². The van der Waals surface area contributed by atoms with Crippen LogP contribution < -0.4 is 21.7 Å². The van der Waals surface area contributed by atoms with Gasteiger partial charge in [0.15, 0.2) is 0 Å². The van der Waals surface area contributed by atoms with Crippen LogP contribution >= 0.6 is 0 Å². The number of aliphatic hydroxyl groups excluding tert-OH is 1. The molecule has 0 aromatic rings. The second-order valence-corrected chi connectivity index (χ2v) is 4.85. The van der Waals surface area contributed by atoms with Crippen LogP contribution in [0.1, 0.15) is 13.8 Å². The number of carbonyl (C=O) groups excluding carboxylic acids is 3.